The van der Waals surface area contributed by atoms with Crippen molar-refractivity contribution in [3.63, 3.8) is 0 Å². The molecule has 4 heterocycles. The molecule has 4 rings (SSSR count). The Morgan fingerprint density at radius 3 is 2.73 bits per heavy atom. The Hall–Kier alpha value is -2.02. The summed E-state index contributed by atoms with van der Waals surface area (Å²) in [5.41, 5.74) is 2.33. The van der Waals surface area contributed by atoms with Gasteiger partial charge in [-0.05, 0) is 42.9 Å². The molecule has 0 aromatic carbocycles. The number of nitrogens with zero attached hydrogens (tertiary/aromatic N) is 4. The minimum absolute atomic E-state index is 0.578. The first-order chi connectivity index (χ1) is 12.8. The number of anilines is 2. The number of aromatic nitrogens is 3. The molecule has 0 aliphatic carbocycles. The second-order valence-electron chi connectivity index (χ2n) is 6.92. The lowest BCUT2D eigenvalue weighted by Gasteiger charge is -2.32. The molecular weight excluding hydrogens is 346 g/mol. The summed E-state index contributed by atoms with van der Waals surface area (Å²) in [5, 5.41) is 3.36. The molecule has 2 aromatic rings. The van der Waals surface area contributed by atoms with Gasteiger partial charge in [0.2, 0.25) is 5.95 Å². The average Bonchev–Trinajstić information content (AvgIpc) is 3.08. The fourth-order valence-corrected chi connectivity index (χ4v) is 5.06. The molecule has 0 spiro atoms. The molecule has 2 aliphatic rings. The SMILES string of the molecule is CCCNc1nc(N2CCC(c3ccncc3)CC2)nc2c1S(=O)CC2. The molecule has 0 saturated carbocycles. The molecule has 1 atom stereocenters. The standard InChI is InChI=1S/C19H25N5OS/c1-2-8-21-18-17-16(7-13-26(17)25)22-19(23-18)24-11-5-15(6-12-24)14-3-9-20-10-4-14/h3-4,9-10,15H,2,5-8,11-13H2,1H3,(H,21,22,23). The normalized spacial score (nSPS) is 20.2. The molecule has 26 heavy (non-hydrogen) atoms. The summed E-state index contributed by atoms with van der Waals surface area (Å²) < 4.78 is 12.3. The molecule has 1 unspecified atom stereocenters. The van der Waals surface area contributed by atoms with E-state index in [1.54, 1.807) is 0 Å². The van der Waals surface area contributed by atoms with Gasteiger partial charge < -0.3 is 10.2 Å². The van der Waals surface area contributed by atoms with Crippen LogP contribution in [0.3, 0.4) is 0 Å². The van der Waals surface area contributed by atoms with Gasteiger partial charge in [-0.25, -0.2) is 4.98 Å². The minimum atomic E-state index is -0.969. The molecule has 0 bridgehead atoms. The molecule has 6 nitrogen and oxygen atoms in total. The van der Waals surface area contributed by atoms with Crippen molar-refractivity contribution in [2.75, 3.05) is 35.6 Å². The van der Waals surface area contributed by atoms with Gasteiger partial charge >= 0.3 is 0 Å². The predicted octanol–water partition coefficient (Wildman–Crippen LogP) is 2.74. The van der Waals surface area contributed by atoms with E-state index in [4.69, 9.17) is 9.97 Å². The van der Waals surface area contributed by atoms with Gasteiger partial charge in [-0.3, -0.25) is 9.19 Å². The van der Waals surface area contributed by atoms with Crippen LogP contribution in [0.15, 0.2) is 29.4 Å². The van der Waals surface area contributed by atoms with Crippen LogP contribution in [0, 0.1) is 0 Å². The second kappa shape index (κ2) is 7.70. The van der Waals surface area contributed by atoms with Crippen LogP contribution in [0.2, 0.25) is 0 Å². The summed E-state index contributed by atoms with van der Waals surface area (Å²) in [4.78, 5) is 16.7. The van der Waals surface area contributed by atoms with Gasteiger partial charge in [0.15, 0.2) is 0 Å². The predicted molar refractivity (Wildman–Crippen MR) is 104 cm³/mol. The number of aryl methyl sites for hydroxylation is 1. The van der Waals surface area contributed by atoms with Crippen molar-refractivity contribution in [3.8, 4) is 0 Å². The number of rotatable bonds is 5. The third-order valence-corrected chi connectivity index (χ3v) is 6.63. The second-order valence-corrected chi connectivity index (χ2v) is 8.42. The summed E-state index contributed by atoms with van der Waals surface area (Å²) in [6.45, 7) is 4.85. The smallest absolute Gasteiger partial charge is 0.227 e. The fraction of sp³-hybridized carbons (Fsp3) is 0.526. The quantitative estimate of drug-likeness (QED) is 0.871. The van der Waals surface area contributed by atoms with Gasteiger partial charge in [0.1, 0.15) is 10.7 Å². The molecule has 1 saturated heterocycles. The summed E-state index contributed by atoms with van der Waals surface area (Å²) in [7, 11) is -0.969. The molecule has 1 fully saturated rings. The lowest BCUT2D eigenvalue weighted by Crippen LogP contribution is -2.34. The number of hydrogen-bond acceptors (Lipinski definition) is 6. The summed E-state index contributed by atoms with van der Waals surface area (Å²) in [6, 6.07) is 4.24. The van der Waals surface area contributed by atoms with Gasteiger partial charge in [-0.15, -0.1) is 0 Å². The van der Waals surface area contributed by atoms with Crippen LogP contribution < -0.4 is 10.2 Å². The highest BCUT2D eigenvalue weighted by Crippen LogP contribution is 2.33. The van der Waals surface area contributed by atoms with Crippen LogP contribution >= 0.6 is 0 Å². The topological polar surface area (TPSA) is 71.0 Å². The van der Waals surface area contributed by atoms with Crippen molar-refractivity contribution in [1.29, 1.82) is 0 Å². The molecule has 2 aliphatic heterocycles. The Kier molecular flexibility index (Phi) is 5.15. The van der Waals surface area contributed by atoms with E-state index in [0.29, 0.717) is 11.7 Å². The molecule has 1 N–H and O–H groups in total. The number of pyridine rings is 1. The molecule has 2 aromatic heterocycles. The monoisotopic (exact) mass is 371 g/mol. The Balaban J connectivity index is 1.52. The van der Waals surface area contributed by atoms with Crippen molar-refractivity contribution in [3.05, 3.63) is 35.8 Å². The van der Waals surface area contributed by atoms with E-state index in [-0.39, 0.29) is 0 Å². The molecular formula is C19H25N5OS. The Morgan fingerprint density at radius 1 is 1.23 bits per heavy atom. The number of piperidine rings is 1. The van der Waals surface area contributed by atoms with Crippen molar-refractivity contribution in [2.45, 2.75) is 43.4 Å². The highest BCUT2D eigenvalue weighted by atomic mass is 32.2. The Bertz CT molecular complexity index is 790. The zero-order chi connectivity index (χ0) is 17.9. The number of hydrogen-bond donors (Lipinski definition) is 1. The van der Waals surface area contributed by atoms with Crippen LogP contribution in [0.5, 0.6) is 0 Å². The van der Waals surface area contributed by atoms with Gasteiger partial charge in [-0.2, -0.15) is 4.98 Å². The maximum Gasteiger partial charge on any atom is 0.227 e. The molecule has 0 amide bonds. The average molecular weight is 372 g/mol. The lowest BCUT2D eigenvalue weighted by atomic mass is 9.90. The van der Waals surface area contributed by atoms with E-state index in [1.165, 1.54) is 5.56 Å². The maximum atomic E-state index is 12.3. The van der Waals surface area contributed by atoms with Gasteiger partial charge in [-0.1, -0.05) is 6.92 Å². The van der Waals surface area contributed by atoms with Crippen LogP contribution in [-0.2, 0) is 17.2 Å². The van der Waals surface area contributed by atoms with Crippen molar-refractivity contribution in [1.82, 2.24) is 15.0 Å². The zero-order valence-electron chi connectivity index (χ0n) is 15.1. The first kappa shape index (κ1) is 17.4. The van der Waals surface area contributed by atoms with Crippen molar-refractivity contribution in [2.24, 2.45) is 0 Å². The van der Waals surface area contributed by atoms with Gasteiger partial charge in [0, 0.05) is 44.2 Å². The largest absolute Gasteiger partial charge is 0.369 e. The third kappa shape index (κ3) is 3.45. The third-order valence-electron chi connectivity index (χ3n) is 5.17. The first-order valence-corrected chi connectivity index (χ1v) is 10.8. The van der Waals surface area contributed by atoms with Crippen molar-refractivity contribution < 1.29 is 4.21 Å². The van der Waals surface area contributed by atoms with Gasteiger partial charge in [0.05, 0.1) is 16.5 Å². The highest BCUT2D eigenvalue weighted by Gasteiger charge is 2.28. The van der Waals surface area contributed by atoms with Crippen molar-refractivity contribution >= 4 is 22.6 Å². The molecule has 0 radical (unpaired) electrons. The van der Waals surface area contributed by atoms with E-state index in [2.05, 4.69) is 34.3 Å². The number of fused-ring (bicyclic) bond motifs is 1. The zero-order valence-corrected chi connectivity index (χ0v) is 16.0. The van der Waals surface area contributed by atoms with E-state index in [0.717, 1.165) is 67.7 Å². The lowest BCUT2D eigenvalue weighted by molar-refractivity contribution is 0.498. The van der Waals surface area contributed by atoms with E-state index in [9.17, 15) is 4.21 Å². The van der Waals surface area contributed by atoms with Gasteiger partial charge in [0.25, 0.3) is 0 Å². The first-order valence-electron chi connectivity index (χ1n) is 9.44. The summed E-state index contributed by atoms with van der Waals surface area (Å²) in [5.74, 6) is 2.81. The maximum absolute atomic E-state index is 12.3. The molecule has 7 heteroatoms. The van der Waals surface area contributed by atoms with Crippen LogP contribution in [0.4, 0.5) is 11.8 Å². The minimum Gasteiger partial charge on any atom is -0.369 e. The van der Waals surface area contributed by atoms with E-state index >= 15 is 0 Å². The Morgan fingerprint density at radius 2 is 2.00 bits per heavy atom. The highest BCUT2D eigenvalue weighted by molar-refractivity contribution is 7.85. The van der Waals surface area contributed by atoms with Crippen LogP contribution in [0.1, 0.15) is 43.4 Å². The van der Waals surface area contributed by atoms with Crippen LogP contribution in [0.25, 0.3) is 0 Å². The van der Waals surface area contributed by atoms with E-state index < -0.39 is 10.8 Å². The summed E-state index contributed by atoms with van der Waals surface area (Å²) in [6.07, 6.45) is 7.72. The summed E-state index contributed by atoms with van der Waals surface area (Å²) >= 11 is 0. The van der Waals surface area contributed by atoms with Crippen LogP contribution in [-0.4, -0.2) is 44.5 Å². The van der Waals surface area contributed by atoms with E-state index in [1.807, 2.05) is 12.4 Å². The molecule has 138 valence electrons. The fourth-order valence-electron chi connectivity index (χ4n) is 3.74. The number of nitrogens with one attached hydrogen (secondary N) is 1. The Labute approximate surface area is 156 Å².